The van der Waals surface area contributed by atoms with Crippen molar-refractivity contribution in [3.05, 3.63) is 65.2 Å². The maximum Gasteiger partial charge on any atom is 0.119 e. The standard InChI is InChI=1S/C18H20O2/c1-20-15-8-9-16-14(12-15)7-10-18(19)17(16)11-13-5-3-2-4-6-13/h2-6,8-9,12,17-19H,7,10-11H2,1H3. The van der Waals surface area contributed by atoms with Crippen molar-refractivity contribution < 1.29 is 9.84 Å². The fourth-order valence-electron chi connectivity index (χ4n) is 3.11. The van der Waals surface area contributed by atoms with Crippen LogP contribution in [-0.4, -0.2) is 18.3 Å². The van der Waals surface area contributed by atoms with E-state index in [1.54, 1.807) is 7.11 Å². The van der Waals surface area contributed by atoms with Crippen LogP contribution in [0.4, 0.5) is 0 Å². The van der Waals surface area contributed by atoms with Gasteiger partial charge in [0.2, 0.25) is 0 Å². The van der Waals surface area contributed by atoms with Gasteiger partial charge in [-0.3, -0.25) is 0 Å². The van der Waals surface area contributed by atoms with Gasteiger partial charge >= 0.3 is 0 Å². The summed E-state index contributed by atoms with van der Waals surface area (Å²) in [7, 11) is 1.70. The molecule has 2 unspecified atom stereocenters. The van der Waals surface area contributed by atoms with Crippen molar-refractivity contribution in [1.29, 1.82) is 0 Å². The van der Waals surface area contributed by atoms with Crippen LogP contribution in [0.25, 0.3) is 0 Å². The predicted molar refractivity (Wildman–Crippen MR) is 80.2 cm³/mol. The summed E-state index contributed by atoms with van der Waals surface area (Å²) >= 11 is 0. The largest absolute Gasteiger partial charge is 0.497 e. The van der Waals surface area contributed by atoms with Crippen LogP contribution in [0.3, 0.4) is 0 Å². The normalized spacial score (nSPS) is 21.3. The first-order chi connectivity index (χ1) is 9.78. The smallest absolute Gasteiger partial charge is 0.119 e. The van der Waals surface area contributed by atoms with Gasteiger partial charge in [-0.2, -0.15) is 0 Å². The Balaban J connectivity index is 1.91. The molecule has 0 bridgehead atoms. The minimum Gasteiger partial charge on any atom is -0.497 e. The summed E-state index contributed by atoms with van der Waals surface area (Å²) in [5, 5.41) is 10.4. The highest BCUT2D eigenvalue weighted by Gasteiger charge is 2.28. The van der Waals surface area contributed by atoms with Gasteiger partial charge in [-0.05, 0) is 48.1 Å². The van der Waals surface area contributed by atoms with Gasteiger partial charge in [0.15, 0.2) is 0 Å². The van der Waals surface area contributed by atoms with Gasteiger partial charge in [-0.15, -0.1) is 0 Å². The monoisotopic (exact) mass is 268 g/mol. The first-order valence-corrected chi connectivity index (χ1v) is 7.16. The molecule has 0 saturated heterocycles. The quantitative estimate of drug-likeness (QED) is 0.925. The second kappa shape index (κ2) is 5.68. The van der Waals surface area contributed by atoms with Gasteiger partial charge in [0.05, 0.1) is 13.2 Å². The molecule has 2 heteroatoms. The lowest BCUT2D eigenvalue weighted by atomic mass is 9.77. The molecule has 0 aromatic heterocycles. The molecule has 0 heterocycles. The van der Waals surface area contributed by atoms with Crippen LogP contribution in [0, 0.1) is 0 Å². The topological polar surface area (TPSA) is 29.5 Å². The van der Waals surface area contributed by atoms with E-state index in [2.05, 4.69) is 36.4 Å². The van der Waals surface area contributed by atoms with E-state index in [0.29, 0.717) is 0 Å². The number of rotatable bonds is 3. The zero-order valence-electron chi connectivity index (χ0n) is 11.8. The van der Waals surface area contributed by atoms with E-state index in [0.717, 1.165) is 25.0 Å². The minimum absolute atomic E-state index is 0.187. The minimum atomic E-state index is -0.254. The Bertz CT molecular complexity index is 577. The molecule has 0 saturated carbocycles. The first-order valence-electron chi connectivity index (χ1n) is 7.16. The fraction of sp³-hybridized carbons (Fsp3) is 0.333. The lowest BCUT2D eigenvalue weighted by Crippen LogP contribution is -2.26. The highest BCUT2D eigenvalue weighted by molar-refractivity contribution is 5.41. The van der Waals surface area contributed by atoms with Crippen molar-refractivity contribution in [3.63, 3.8) is 0 Å². The molecule has 104 valence electrons. The summed E-state index contributed by atoms with van der Waals surface area (Å²) in [4.78, 5) is 0. The number of aryl methyl sites for hydroxylation is 1. The van der Waals surface area contributed by atoms with Crippen molar-refractivity contribution in [2.45, 2.75) is 31.3 Å². The molecule has 3 rings (SSSR count). The maximum absolute atomic E-state index is 10.4. The lowest BCUT2D eigenvalue weighted by molar-refractivity contribution is 0.125. The van der Waals surface area contributed by atoms with E-state index in [1.165, 1.54) is 16.7 Å². The van der Waals surface area contributed by atoms with Gasteiger partial charge < -0.3 is 9.84 Å². The molecule has 1 aliphatic rings. The molecule has 0 radical (unpaired) electrons. The summed E-state index contributed by atoms with van der Waals surface area (Å²) in [5.74, 6) is 1.09. The molecular weight excluding hydrogens is 248 g/mol. The SMILES string of the molecule is COc1ccc2c(c1)CCC(O)C2Cc1ccccc1. The summed E-state index contributed by atoms with van der Waals surface area (Å²) < 4.78 is 5.30. The second-order valence-corrected chi connectivity index (χ2v) is 5.47. The van der Waals surface area contributed by atoms with Crippen LogP contribution >= 0.6 is 0 Å². The summed E-state index contributed by atoms with van der Waals surface area (Å²) in [5.41, 5.74) is 3.87. The molecule has 0 amide bonds. The Morgan fingerprint density at radius 2 is 1.95 bits per heavy atom. The van der Waals surface area contributed by atoms with Crippen LogP contribution < -0.4 is 4.74 Å². The van der Waals surface area contributed by atoms with Crippen molar-refractivity contribution in [1.82, 2.24) is 0 Å². The van der Waals surface area contributed by atoms with Crippen LogP contribution in [0.2, 0.25) is 0 Å². The lowest BCUT2D eigenvalue weighted by Gasteiger charge is -2.30. The predicted octanol–water partition coefficient (Wildman–Crippen LogP) is 3.33. The molecule has 0 aliphatic heterocycles. The number of aliphatic hydroxyl groups is 1. The van der Waals surface area contributed by atoms with Crippen molar-refractivity contribution in [2.75, 3.05) is 7.11 Å². The van der Waals surface area contributed by atoms with Crippen LogP contribution in [0.5, 0.6) is 5.75 Å². The number of aliphatic hydroxyl groups excluding tert-OH is 1. The Hall–Kier alpha value is -1.80. The third-order valence-electron chi connectivity index (χ3n) is 4.22. The number of hydrogen-bond donors (Lipinski definition) is 1. The molecule has 0 fully saturated rings. The molecule has 2 atom stereocenters. The molecule has 2 aromatic carbocycles. The average molecular weight is 268 g/mol. The molecule has 1 aliphatic carbocycles. The zero-order valence-corrected chi connectivity index (χ0v) is 11.8. The summed E-state index contributed by atoms with van der Waals surface area (Å²) in [6.07, 6.45) is 2.40. The van der Waals surface area contributed by atoms with Crippen molar-refractivity contribution in [2.24, 2.45) is 0 Å². The Labute approximate surface area is 120 Å². The van der Waals surface area contributed by atoms with Crippen molar-refractivity contribution in [3.8, 4) is 5.75 Å². The van der Waals surface area contributed by atoms with Gasteiger partial charge in [-0.1, -0.05) is 36.4 Å². The molecular formula is C18H20O2. The summed E-state index contributed by atoms with van der Waals surface area (Å²) in [6.45, 7) is 0. The third-order valence-corrected chi connectivity index (χ3v) is 4.22. The fourth-order valence-corrected chi connectivity index (χ4v) is 3.11. The highest BCUT2D eigenvalue weighted by atomic mass is 16.5. The number of hydrogen-bond acceptors (Lipinski definition) is 2. The van der Waals surface area contributed by atoms with E-state index in [4.69, 9.17) is 4.74 Å². The average Bonchev–Trinajstić information content (AvgIpc) is 2.50. The van der Waals surface area contributed by atoms with Gasteiger partial charge in [-0.25, -0.2) is 0 Å². The van der Waals surface area contributed by atoms with E-state index in [9.17, 15) is 5.11 Å². The summed E-state index contributed by atoms with van der Waals surface area (Å²) in [6, 6.07) is 16.6. The van der Waals surface area contributed by atoms with Gasteiger partial charge in [0.25, 0.3) is 0 Å². The Kier molecular flexibility index (Phi) is 3.75. The van der Waals surface area contributed by atoms with E-state index < -0.39 is 0 Å². The second-order valence-electron chi connectivity index (χ2n) is 5.47. The van der Waals surface area contributed by atoms with Crippen LogP contribution in [0.15, 0.2) is 48.5 Å². The van der Waals surface area contributed by atoms with Gasteiger partial charge in [0.1, 0.15) is 5.75 Å². The molecule has 2 aromatic rings. The number of methoxy groups -OCH3 is 1. The maximum atomic E-state index is 10.4. The van der Waals surface area contributed by atoms with E-state index in [1.807, 2.05) is 12.1 Å². The molecule has 20 heavy (non-hydrogen) atoms. The number of fused-ring (bicyclic) bond motifs is 1. The molecule has 2 nitrogen and oxygen atoms in total. The van der Waals surface area contributed by atoms with Crippen molar-refractivity contribution >= 4 is 0 Å². The van der Waals surface area contributed by atoms with Crippen LogP contribution in [0.1, 0.15) is 29.0 Å². The Morgan fingerprint density at radius 3 is 2.70 bits per heavy atom. The number of benzene rings is 2. The molecule has 1 N–H and O–H groups in total. The highest BCUT2D eigenvalue weighted by Crippen LogP contribution is 2.36. The van der Waals surface area contributed by atoms with E-state index in [-0.39, 0.29) is 12.0 Å². The zero-order chi connectivity index (χ0) is 13.9. The Morgan fingerprint density at radius 1 is 1.15 bits per heavy atom. The number of ether oxygens (including phenoxy) is 1. The first kappa shape index (κ1) is 13.2. The van der Waals surface area contributed by atoms with Gasteiger partial charge in [0, 0.05) is 5.92 Å². The van der Waals surface area contributed by atoms with E-state index >= 15 is 0 Å². The van der Waals surface area contributed by atoms with Crippen LogP contribution in [-0.2, 0) is 12.8 Å². The third kappa shape index (κ3) is 2.56. The molecule has 0 spiro atoms.